The van der Waals surface area contributed by atoms with Gasteiger partial charge in [0.2, 0.25) is 0 Å². The van der Waals surface area contributed by atoms with E-state index in [2.05, 4.69) is 27.7 Å². The molecule has 1 heterocycles. The Bertz CT molecular complexity index is 1450. The molecular formula is C42H75N5O10P+. The van der Waals surface area contributed by atoms with E-state index in [4.69, 9.17) is 23.2 Å². The summed E-state index contributed by atoms with van der Waals surface area (Å²) >= 11 is 0. The molecule has 0 aliphatic carbocycles. The summed E-state index contributed by atoms with van der Waals surface area (Å²) in [6, 6.07) is 3.36. The molecule has 0 aliphatic heterocycles. The van der Waals surface area contributed by atoms with Crippen molar-refractivity contribution in [3.63, 3.8) is 0 Å². The first-order chi connectivity index (χ1) is 27.9. The van der Waals surface area contributed by atoms with Gasteiger partial charge in [-0.3, -0.25) is 18.6 Å². The van der Waals surface area contributed by atoms with E-state index < -0.39 is 32.5 Å². The normalized spacial score (nSPS) is 13.3. The van der Waals surface area contributed by atoms with Gasteiger partial charge in [0.05, 0.1) is 33.4 Å². The van der Waals surface area contributed by atoms with E-state index >= 15 is 0 Å². The standard InChI is InChI=1S/C42H74N5O10P/c1-5-6-7-8-9-10-11-12-13-15-18-21-24-27-39(48)53-34-36(35-55-58(51,52)54-33-32-47(2,3)4)56-40(49)28-25-22-19-16-14-17-20-23-26-31-43-37-29-30-38(44-50)42-41(37)45-57-46-42/h29-30,36H,5-28,31-35H2,1-4H3,(H-,43,46,50,51,52)/p+1/t36-/m1/s1. The van der Waals surface area contributed by atoms with Gasteiger partial charge in [-0.15, -0.1) is 4.91 Å². The van der Waals surface area contributed by atoms with Crippen molar-refractivity contribution in [1.29, 1.82) is 0 Å². The van der Waals surface area contributed by atoms with Gasteiger partial charge in [0.1, 0.15) is 25.4 Å². The lowest BCUT2D eigenvalue weighted by atomic mass is 10.0. The quantitative estimate of drug-likeness (QED) is 0.0214. The third kappa shape index (κ3) is 25.5. The zero-order chi connectivity index (χ0) is 42.3. The summed E-state index contributed by atoms with van der Waals surface area (Å²) in [6.07, 6.45) is 24.3. The molecule has 2 aromatic rings. The topological polar surface area (TPSA) is 189 Å². The minimum Gasteiger partial charge on any atom is -0.462 e. The van der Waals surface area contributed by atoms with Crippen LogP contribution in [0.1, 0.15) is 161 Å². The number of phosphoric acid groups is 1. The van der Waals surface area contributed by atoms with Crippen molar-refractivity contribution in [1.82, 2.24) is 10.3 Å². The van der Waals surface area contributed by atoms with Crippen molar-refractivity contribution < 1.29 is 46.7 Å². The molecule has 0 amide bonds. The largest absolute Gasteiger partial charge is 0.472 e. The first kappa shape index (κ1) is 51.2. The van der Waals surface area contributed by atoms with E-state index in [0.717, 1.165) is 82.9 Å². The summed E-state index contributed by atoms with van der Waals surface area (Å²) in [7, 11) is 1.41. The molecule has 0 spiro atoms. The Morgan fingerprint density at radius 3 is 1.81 bits per heavy atom. The second-order valence-corrected chi connectivity index (χ2v) is 17.9. The number of carbonyl (C=O) groups excluding carboxylic acids is 2. The van der Waals surface area contributed by atoms with Gasteiger partial charge in [0.25, 0.3) is 0 Å². The molecule has 2 N–H and O–H groups in total. The lowest BCUT2D eigenvalue weighted by molar-refractivity contribution is -0.870. The average Bonchev–Trinajstić information content (AvgIpc) is 3.68. The van der Waals surface area contributed by atoms with Crippen LogP contribution in [0.4, 0.5) is 11.4 Å². The molecule has 16 heteroatoms. The van der Waals surface area contributed by atoms with Crippen LogP contribution in [0.3, 0.4) is 0 Å². The van der Waals surface area contributed by atoms with Gasteiger partial charge in [0.15, 0.2) is 17.1 Å². The van der Waals surface area contributed by atoms with Crippen LogP contribution in [0.25, 0.3) is 11.0 Å². The molecule has 0 saturated heterocycles. The number of phosphoric ester groups is 1. The highest BCUT2D eigenvalue weighted by Crippen LogP contribution is 2.43. The van der Waals surface area contributed by atoms with E-state index in [1.165, 1.54) is 64.2 Å². The lowest BCUT2D eigenvalue weighted by Crippen LogP contribution is -2.37. The Morgan fingerprint density at radius 2 is 1.26 bits per heavy atom. The van der Waals surface area contributed by atoms with Crippen molar-refractivity contribution in [2.45, 2.75) is 167 Å². The highest BCUT2D eigenvalue weighted by molar-refractivity contribution is 7.47. The molecule has 0 fully saturated rings. The number of unbranched alkanes of at least 4 members (excludes halogenated alkanes) is 20. The molecule has 1 unspecified atom stereocenters. The average molecular weight is 841 g/mol. The van der Waals surface area contributed by atoms with Crippen LogP contribution in [0, 0.1) is 4.91 Å². The molecule has 332 valence electrons. The number of ether oxygens (including phenoxy) is 2. The number of benzene rings is 1. The number of hydrogen-bond donors (Lipinski definition) is 2. The minimum atomic E-state index is -4.40. The molecule has 2 atom stereocenters. The molecule has 0 radical (unpaired) electrons. The second kappa shape index (κ2) is 31.0. The van der Waals surface area contributed by atoms with Gasteiger partial charge in [-0.25, -0.2) is 9.19 Å². The number of likely N-dealkylation sites (N-methyl/N-ethyl adjacent to an activating group) is 1. The third-order valence-corrected chi connectivity index (χ3v) is 11.0. The first-order valence-corrected chi connectivity index (χ1v) is 23.5. The molecule has 0 aliphatic rings. The summed E-state index contributed by atoms with van der Waals surface area (Å²) in [5, 5.41) is 13.9. The molecule has 0 saturated carbocycles. The molecule has 58 heavy (non-hydrogen) atoms. The van der Waals surface area contributed by atoms with E-state index in [9.17, 15) is 24.0 Å². The molecule has 0 bridgehead atoms. The highest BCUT2D eigenvalue weighted by atomic mass is 31.2. The maximum absolute atomic E-state index is 12.7. The third-order valence-electron chi connectivity index (χ3n) is 10.0. The van der Waals surface area contributed by atoms with Crippen LogP contribution in [0.5, 0.6) is 0 Å². The van der Waals surface area contributed by atoms with Crippen LogP contribution < -0.4 is 5.32 Å². The molecule has 15 nitrogen and oxygen atoms in total. The number of esters is 2. The molecule has 1 aromatic carbocycles. The van der Waals surface area contributed by atoms with Crippen molar-refractivity contribution in [2.75, 3.05) is 59.4 Å². The van der Waals surface area contributed by atoms with Gasteiger partial charge in [-0.05, 0) is 46.9 Å². The van der Waals surface area contributed by atoms with Crippen molar-refractivity contribution in [3.05, 3.63) is 17.0 Å². The SMILES string of the molecule is CCCCCCCCCCCCCCCC(=O)OC[C@H](COP(=O)(O)OCC[N+](C)(C)C)OC(=O)CCCCCCCCCCCNc1ccc(N=O)c2nonc12. The Morgan fingerprint density at radius 1 is 0.741 bits per heavy atom. The number of nitrogens with zero attached hydrogens (tertiary/aromatic N) is 4. The smallest absolute Gasteiger partial charge is 0.462 e. The number of fused-ring (bicyclic) bond motifs is 1. The Hall–Kier alpha value is -2.97. The maximum atomic E-state index is 12.7. The van der Waals surface area contributed by atoms with Gasteiger partial charge in [0, 0.05) is 19.4 Å². The fraction of sp³-hybridized carbons (Fsp3) is 0.810. The predicted octanol–water partition coefficient (Wildman–Crippen LogP) is 10.7. The van der Waals surface area contributed by atoms with Crippen LogP contribution in [-0.2, 0) is 32.7 Å². The number of rotatable bonds is 38. The van der Waals surface area contributed by atoms with Gasteiger partial charge in [-0.1, -0.05) is 129 Å². The Labute approximate surface area is 347 Å². The van der Waals surface area contributed by atoms with Crippen LogP contribution in [0.15, 0.2) is 21.9 Å². The van der Waals surface area contributed by atoms with Crippen LogP contribution in [-0.4, -0.2) is 91.8 Å². The van der Waals surface area contributed by atoms with Gasteiger partial charge < -0.3 is 24.2 Å². The maximum Gasteiger partial charge on any atom is 0.472 e. The number of quaternary nitrogens is 1. The van der Waals surface area contributed by atoms with E-state index in [-0.39, 0.29) is 31.7 Å². The van der Waals surface area contributed by atoms with Crippen LogP contribution in [0.2, 0.25) is 0 Å². The zero-order valence-electron chi connectivity index (χ0n) is 36.1. The predicted molar refractivity (Wildman–Crippen MR) is 228 cm³/mol. The number of anilines is 1. The highest BCUT2D eigenvalue weighted by Gasteiger charge is 2.27. The fourth-order valence-corrected chi connectivity index (χ4v) is 7.22. The number of nitroso groups, excluding NO2 is 1. The van der Waals surface area contributed by atoms with Gasteiger partial charge >= 0.3 is 19.8 Å². The Balaban J connectivity index is 1.59. The van der Waals surface area contributed by atoms with E-state index in [1.54, 1.807) is 12.1 Å². The minimum absolute atomic E-state index is 0.0123. The lowest BCUT2D eigenvalue weighted by Gasteiger charge is -2.24. The summed E-state index contributed by atoms with van der Waals surface area (Å²) in [6.45, 7) is 2.83. The summed E-state index contributed by atoms with van der Waals surface area (Å²) in [5.41, 5.74) is 1.82. The van der Waals surface area contributed by atoms with E-state index in [1.807, 2.05) is 21.1 Å². The van der Waals surface area contributed by atoms with E-state index in [0.29, 0.717) is 28.5 Å². The summed E-state index contributed by atoms with van der Waals surface area (Å²) < 4.78 is 39.1. The molecular weight excluding hydrogens is 765 g/mol. The number of hydrogen-bond acceptors (Lipinski definition) is 13. The second-order valence-electron chi connectivity index (χ2n) is 16.4. The molecule has 2 rings (SSSR count). The number of nitrogens with one attached hydrogen (secondary N) is 1. The van der Waals surface area contributed by atoms with Gasteiger partial charge in [-0.2, -0.15) is 0 Å². The summed E-state index contributed by atoms with van der Waals surface area (Å²) in [4.78, 5) is 46.3. The number of carbonyl (C=O) groups is 2. The van der Waals surface area contributed by atoms with Crippen molar-refractivity contribution >= 4 is 42.2 Å². The first-order valence-electron chi connectivity index (χ1n) is 22.0. The van der Waals surface area contributed by atoms with Crippen molar-refractivity contribution in [3.8, 4) is 0 Å². The zero-order valence-corrected chi connectivity index (χ0v) is 37.0. The number of aromatic nitrogens is 2. The van der Waals surface area contributed by atoms with Crippen molar-refractivity contribution in [2.24, 2.45) is 5.18 Å². The van der Waals surface area contributed by atoms with Crippen LogP contribution >= 0.6 is 7.82 Å². The fourth-order valence-electron chi connectivity index (χ4n) is 6.48. The monoisotopic (exact) mass is 841 g/mol. The molecule has 1 aromatic heterocycles. The summed E-state index contributed by atoms with van der Waals surface area (Å²) in [5.74, 6) is -0.857. The Kier molecular flexibility index (Phi) is 27.3.